The first-order valence-corrected chi connectivity index (χ1v) is 8.49. The van der Waals surface area contributed by atoms with Gasteiger partial charge in [-0.2, -0.15) is 0 Å². The van der Waals surface area contributed by atoms with Gasteiger partial charge in [-0.15, -0.1) is 0 Å². The van der Waals surface area contributed by atoms with Crippen molar-refractivity contribution in [1.29, 1.82) is 0 Å². The molecule has 0 radical (unpaired) electrons. The standard InChI is InChI=1S/C19H24BFO4/c1-17(2)10-14(13-9-12(11-22)7-8-15(13)23-17)16(21)20-24-18(3,4)19(5,6)25-20/h7-9,11H,10H2,1-6H3. The lowest BCUT2D eigenvalue weighted by Gasteiger charge is -2.34. The molecule has 0 amide bonds. The molecule has 6 heteroatoms. The smallest absolute Gasteiger partial charge is 0.487 e. The Morgan fingerprint density at radius 1 is 1.12 bits per heavy atom. The quantitative estimate of drug-likeness (QED) is 0.589. The summed E-state index contributed by atoms with van der Waals surface area (Å²) in [6.07, 6.45) is 1.10. The van der Waals surface area contributed by atoms with E-state index >= 15 is 4.39 Å². The highest BCUT2D eigenvalue weighted by atomic mass is 19.1. The van der Waals surface area contributed by atoms with Crippen LogP contribution in [0, 0.1) is 0 Å². The van der Waals surface area contributed by atoms with Crippen LogP contribution in [0.2, 0.25) is 0 Å². The second-order valence-electron chi connectivity index (χ2n) is 8.33. The fourth-order valence-electron chi connectivity index (χ4n) is 3.10. The molecule has 1 aromatic rings. The van der Waals surface area contributed by atoms with Crippen LogP contribution in [-0.4, -0.2) is 30.2 Å². The molecule has 3 rings (SSSR count). The first kappa shape index (κ1) is 18.1. The van der Waals surface area contributed by atoms with Crippen LogP contribution in [0.1, 0.15) is 63.9 Å². The van der Waals surface area contributed by atoms with Crippen LogP contribution < -0.4 is 4.74 Å². The SMILES string of the molecule is CC1(C)CC(=C(F)B2OC(C)(C)C(C)(C)O2)c2cc(C=O)ccc2O1. The molecule has 1 fully saturated rings. The minimum Gasteiger partial charge on any atom is -0.487 e. The highest BCUT2D eigenvalue weighted by Crippen LogP contribution is 2.45. The summed E-state index contributed by atoms with van der Waals surface area (Å²) in [5, 5.41) is 0. The molecule has 2 aliphatic rings. The Kier molecular flexibility index (Phi) is 4.12. The maximum absolute atomic E-state index is 15.4. The van der Waals surface area contributed by atoms with Crippen molar-refractivity contribution in [3.63, 3.8) is 0 Å². The first-order valence-electron chi connectivity index (χ1n) is 8.49. The molecule has 0 aromatic heterocycles. The first-order chi connectivity index (χ1) is 11.5. The summed E-state index contributed by atoms with van der Waals surface area (Å²) in [5.41, 5.74) is -0.746. The zero-order valence-corrected chi connectivity index (χ0v) is 15.6. The molecule has 25 heavy (non-hydrogen) atoms. The van der Waals surface area contributed by atoms with Crippen molar-refractivity contribution in [2.45, 2.75) is 64.8 Å². The third-order valence-corrected chi connectivity index (χ3v) is 5.20. The molecule has 1 saturated heterocycles. The monoisotopic (exact) mass is 346 g/mol. The van der Waals surface area contributed by atoms with Crippen LogP contribution in [0.4, 0.5) is 4.39 Å². The molecule has 134 valence electrons. The van der Waals surface area contributed by atoms with Crippen LogP contribution in [0.5, 0.6) is 5.75 Å². The van der Waals surface area contributed by atoms with Gasteiger partial charge in [-0.05, 0) is 65.3 Å². The number of halogens is 1. The summed E-state index contributed by atoms with van der Waals surface area (Å²) in [5.74, 6) is 0.559. The summed E-state index contributed by atoms with van der Waals surface area (Å²) in [6, 6.07) is 5.02. The topological polar surface area (TPSA) is 44.8 Å². The van der Waals surface area contributed by atoms with E-state index in [1.807, 2.05) is 41.5 Å². The minimum atomic E-state index is -1.07. The van der Waals surface area contributed by atoms with Crippen molar-refractivity contribution in [3.05, 3.63) is 35.1 Å². The average Bonchev–Trinajstić information content (AvgIpc) is 2.72. The van der Waals surface area contributed by atoms with Gasteiger partial charge in [0, 0.05) is 17.5 Å². The highest BCUT2D eigenvalue weighted by Gasteiger charge is 2.54. The second kappa shape index (κ2) is 5.68. The van der Waals surface area contributed by atoms with E-state index in [4.69, 9.17) is 14.0 Å². The molecular formula is C19H24BFO4. The summed E-state index contributed by atoms with van der Waals surface area (Å²) in [7, 11) is -1.07. The molecule has 0 saturated carbocycles. The van der Waals surface area contributed by atoms with Crippen LogP contribution in [0.15, 0.2) is 23.9 Å². The molecular weight excluding hydrogens is 322 g/mol. The molecule has 1 aromatic carbocycles. The number of ether oxygens (including phenoxy) is 1. The lowest BCUT2D eigenvalue weighted by atomic mass is 9.78. The number of carbonyl (C=O) groups excluding carboxylic acids is 1. The minimum absolute atomic E-state index is 0.359. The molecule has 0 spiro atoms. The Hall–Kier alpha value is -1.66. The van der Waals surface area contributed by atoms with E-state index < -0.39 is 29.6 Å². The molecule has 2 heterocycles. The number of hydrogen-bond donors (Lipinski definition) is 0. The van der Waals surface area contributed by atoms with Gasteiger partial charge in [0.2, 0.25) is 0 Å². The van der Waals surface area contributed by atoms with E-state index in [0.29, 0.717) is 28.9 Å². The Labute approximate surface area is 148 Å². The predicted molar refractivity (Wildman–Crippen MR) is 95.3 cm³/mol. The third-order valence-electron chi connectivity index (χ3n) is 5.20. The predicted octanol–water partition coefficient (Wildman–Crippen LogP) is 4.37. The lowest BCUT2D eigenvalue weighted by molar-refractivity contribution is 0.00578. The Morgan fingerprint density at radius 3 is 2.28 bits per heavy atom. The number of aldehydes is 1. The van der Waals surface area contributed by atoms with Crippen molar-refractivity contribution in [2.24, 2.45) is 0 Å². The fraction of sp³-hybridized carbons (Fsp3) is 0.526. The number of fused-ring (bicyclic) bond motifs is 1. The molecule has 0 unspecified atom stereocenters. The summed E-state index contributed by atoms with van der Waals surface area (Å²) >= 11 is 0. The van der Waals surface area contributed by atoms with Crippen molar-refractivity contribution in [3.8, 4) is 5.75 Å². The van der Waals surface area contributed by atoms with E-state index in [0.717, 1.165) is 6.29 Å². The van der Waals surface area contributed by atoms with Gasteiger partial charge >= 0.3 is 7.12 Å². The van der Waals surface area contributed by atoms with E-state index in [9.17, 15) is 4.79 Å². The molecule has 2 aliphatic heterocycles. The second-order valence-corrected chi connectivity index (χ2v) is 8.33. The Bertz CT molecular complexity index is 736. The Balaban J connectivity index is 2.09. The van der Waals surface area contributed by atoms with Crippen molar-refractivity contribution >= 4 is 19.0 Å². The summed E-state index contributed by atoms with van der Waals surface area (Å²) in [6.45, 7) is 11.4. The number of rotatable bonds is 2. The molecule has 0 aliphatic carbocycles. The van der Waals surface area contributed by atoms with Crippen molar-refractivity contribution in [1.82, 2.24) is 0 Å². The van der Waals surface area contributed by atoms with Gasteiger partial charge in [0.15, 0.2) is 0 Å². The average molecular weight is 346 g/mol. The van der Waals surface area contributed by atoms with Crippen molar-refractivity contribution < 1.29 is 23.2 Å². The molecule has 0 N–H and O–H groups in total. The third kappa shape index (κ3) is 3.13. The van der Waals surface area contributed by atoms with Crippen molar-refractivity contribution in [2.75, 3.05) is 0 Å². The number of carbonyl (C=O) groups is 1. The largest absolute Gasteiger partial charge is 0.525 e. The summed E-state index contributed by atoms with van der Waals surface area (Å²) in [4.78, 5) is 11.1. The van der Waals surface area contributed by atoms with E-state index in [1.54, 1.807) is 18.2 Å². The van der Waals surface area contributed by atoms with Gasteiger partial charge in [-0.25, -0.2) is 4.39 Å². The van der Waals surface area contributed by atoms with E-state index in [2.05, 4.69) is 0 Å². The van der Waals surface area contributed by atoms with Crippen LogP contribution in [0.3, 0.4) is 0 Å². The summed E-state index contributed by atoms with van der Waals surface area (Å²) < 4.78 is 33.1. The maximum Gasteiger partial charge on any atom is 0.525 e. The van der Waals surface area contributed by atoms with E-state index in [1.165, 1.54) is 0 Å². The van der Waals surface area contributed by atoms with Gasteiger partial charge in [-0.1, -0.05) is 0 Å². The number of benzene rings is 1. The zero-order chi connectivity index (χ0) is 18.6. The Morgan fingerprint density at radius 2 is 1.72 bits per heavy atom. The van der Waals surface area contributed by atoms with Gasteiger partial charge in [-0.3, -0.25) is 4.79 Å². The van der Waals surface area contributed by atoms with Crippen LogP contribution in [0.25, 0.3) is 5.57 Å². The van der Waals surface area contributed by atoms with Gasteiger partial charge in [0.05, 0.1) is 11.2 Å². The van der Waals surface area contributed by atoms with Gasteiger partial charge in [0.25, 0.3) is 0 Å². The lowest BCUT2D eigenvalue weighted by Crippen LogP contribution is -2.41. The molecule has 0 atom stereocenters. The molecule has 0 bridgehead atoms. The van der Waals surface area contributed by atoms with Crippen LogP contribution in [-0.2, 0) is 9.31 Å². The zero-order valence-electron chi connectivity index (χ0n) is 15.6. The van der Waals surface area contributed by atoms with Crippen LogP contribution >= 0.6 is 0 Å². The molecule has 4 nitrogen and oxygen atoms in total. The highest BCUT2D eigenvalue weighted by molar-refractivity contribution is 6.55. The van der Waals surface area contributed by atoms with Gasteiger partial charge < -0.3 is 14.0 Å². The number of hydrogen-bond acceptors (Lipinski definition) is 4. The van der Waals surface area contributed by atoms with E-state index in [-0.39, 0.29) is 0 Å². The fourth-order valence-corrected chi connectivity index (χ4v) is 3.10. The normalized spacial score (nSPS) is 25.2. The van der Waals surface area contributed by atoms with Gasteiger partial charge in [0.1, 0.15) is 23.4 Å². The maximum atomic E-state index is 15.4.